The van der Waals surface area contributed by atoms with Crippen LogP contribution in [0.2, 0.25) is 0 Å². The Bertz CT molecular complexity index is 1080. The molecule has 0 bridgehead atoms. The topological polar surface area (TPSA) is 98.4 Å². The summed E-state index contributed by atoms with van der Waals surface area (Å²) in [6.07, 6.45) is 4.94. The fourth-order valence-corrected chi connectivity index (χ4v) is 3.04. The summed E-state index contributed by atoms with van der Waals surface area (Å²) in [5, 5.41) is 9.75. The monoisotopic (exact) mass is 436 g/mol. The van der Waals surface area contributed by atoms with E-state index in [1.807, 2.05) is 44.2 Å². The number of nitrogens with zero attached hydrogens (tertiary/aromatic N) is 2. The number of nitrogens with one attached hydrogen (secondary N) is 2. The van der Waals surface area contributed by atoms with Crippen LogP contribution in [0.25, 0.3) is 0 Å². The van der Waals surface area contributed by atoms with Gasteiger partial charge in [0.2, 0.25) is 0 Å². The molecule has 2 amide bonds. The lowest BCUT2D eigenvalue weighted by molar-refractivity contribution is 0.0948. The van der Waals surface area contributed by atoms with Gasteiger partial charge in [0.25, 0.3) is 11.8 Å². The molecule has 0 saturated heterocycles. The van der Waals surface area contributed by atoms with E-state index in [0.29, 0.717) is 31.0 Å². The third-order valence-corrected chi connectivity index (χ3v) is 4.68. The number of carbonyl (C=O) groups excluding carboxylic acids is 2. The van der Waals surface area contributed by atoms with Crippen LogP contribution in [0.3, 0.4) is 0 Å². The molecule has 0 unspecified atom stereocenters. The molecule has 8 nitrogen and oxygen atoms in total. The molecule has 0 radical (unpaired) electrons. The fourth-order valence-electron chi connectivity index (χ4n) is 3.04. The highest BCUT2D eigenvalue weighted by molar-refractivity contribution is 6.07. The number of carbonyl (C=O) groups is 2. The van der Waals surface area contributed by atoms with E-state index in [1.54, 1.807) is 23.0 Å². The van der Waals surface area contributed by atoms with Crippen molar-refractivity contribution in [1.82, 2.24) is 15.1 Å². The Kier molecular flexibility index (Phi) is 7.85. The van der Waals surface area contributed by atoms with Crippen LogP contribution in [-0.4, -0.2) is 28.1 Å². The number of hydrogen-bond acceptors (Lipinski definition) is 5. The molecule has 3 aromatic rings. The first kappa shape index (κ1) is 22.9. The number of allylic oxidation sites excluding steroid dienone is 1. The summed E-state index contributed by atoms with van der Waals surface area (Å²) in [6, 6.07) is 11.0. The summed E-state index contributed by atoms with van der Waals surface area (Å²) in [5.41, 5.74) is 1.52. The van der Waals surface area contributed by atoms with Gasteiger partial charge >= 0.3 is 0 Å². The maximum Gasteiger partial charge on any atom is 0.291 e. The summed E-state index contributed by atoms with van der Waals surface area (Å²) in [7, 11) is 0. The number of amides is 2. The van der Waals surface area contributed by atoms with Gasteiger partial charge in [-0.05, 0) is 43.5 Å². The zero-order valence-corrected chi connectivity index (χ0v) is 18.4. The molecule has 2 aromatic heterocycles. The molecule has 2 N–H and O–H groups in total. The van der Waals surface area contributed by atoms with Gasteiger partial charge in [0.05, 0.1) is 5.69 Å². The predicted molar refractivity (Wildman–Crippen MR) is 122 cm³/mol. The van der Waals surface area contributed by atoms with Gasteiger partial charge in [-0.3, -0.25) is 14.3 Å². The van der Waals surface area contributed by atoms with Crippen molar-refractivity contribution in [2.75, 3.05) is 11.9 Å². The van der Waals surface area contributed by atoms with E-state index in [9.17, 15) is 9.59 Å². The van der Waals surface area contributed by atoms with Crippen molar-refractivity contribution in [2.24, 2.45) is 0 Å². The van der Waals surface area contributed by atoms with Crippen LogP contribution in [0.1, 0.15) is 52.6 Å². The Labute approximate surface area is 187 Å². The number of rotatable bonds is 11. The van der Waals surface area contributed by atoms with E-state index in [-0.39, 0.29) is 24.0 Å². The first-order chi connectivity index (χ1) is 15.5. The lowest BCUT2D eigenvalue weighted by Crippen LogP contribution is -2.26. The Morgan fingerprint density at radius 1 is 1.19 bits per heavy atom. The van der Waals surface area contributed by atoms with Crippen LogP contribution >= 0.6 is 0 Å². The Balaban J connectivity index is 1.67. The van der Waals surface area contributed by atoms with E-state index < -0.39 is 5.91 Å². The standard InChI is InChI=1S/C24H28N4O4/c1-4-9-17-10-7-8-11-20(17)31-16-18-12-13-21(32-18)23(29)26-19-15-28(6-3)27-22(19)24(30)25-14-5-2/h4,7-8,10-13,15H,1,5-6,9,14,16H2,2-3H3,(H,25,30)(H,26,29). The highest BCUT2D eigenvalue weighted by Gasteiger charge is 2.20. The zero-order chi connectivity index (χ0) is 22.9. The van der Waals surface area contributed by atoms with Gasteiger partial charge < -0.3 is 19.8 Å². The molecule has 3 rings (SSSR count). The van der Waals surface area contributed by atoms with Crippen molar-refractivity contribution in [3.8, 4) is 5.75 Å². The number of aryl methyl sites for hydroxylation is 1. The number of benzene rings is 1. The number of ether oxygens (including phenoxy) is 1. The minimum atomic E-state index is -0.469. The van der Waals surface area contributed by atoms with Crippen molar-refractivity contribution in [2.45, 2.75) is 39.8 Å². The average molecular weight is 437 g/mol. The molecule has 0 saturated carbocycles. The summed E-state index contributed by atoms with van der Waals surface area (Å²) >= 11 is 0. The highest BCUT2D eigenvalue weighted by Crippen LogP contribution is 2.21. The predicted octanol–water partition coefficient (Wildman–Crippen LogP) is 4.20. The smallest absolute Gasteiger partial charge is 0.291 e. The van der Waals surface area contributed by atoms with Crippen molar-refractivity contribution < 1.29 is 18.7 Å². The second-order valence-corrected chi connectivity index (χ2v) is 7.11. The molecule has 1 aromatic carbocycles. The molecular weight excluding hydrogens is 408 g/mol. The van der Waals surface area contributed by atoms with Crippen LogP contribution in [-0.2, 0) is 19.6 Å². The SMILES string of the molecule is C=CCc1ccccc1OCc1ccc(C(=O)Nc2cn(CC)nc2C(=O)NCCC)o1. The van der Waals surface area contributed by atoms with Gasteiger partial charge in [-0.25, -0.2) is 0 Å². The minimum absolute atomic E-state index is 0.118. The van der Waals surface area contributed by atoms with Crippen LogP contribution in [0.15, 0.2) is 59.7 Å². The first-order valence-corrected chi connectivity index (χ1v) is 10.6. The lowest BCUT2D eigenvalue weighted by atomic mass is 10.1. The second kappa shape index (κ2) is 11.0. The second-order valence-electron chi connectivity index (χ2n) is 7.11. The van der Waals surface area contributed by atoms with Crippen LogP contribution in [0.4, 0.5) is 5.69 Å². The lowest BCUT2D eigenvalue weighted by Gasteiger charge is -2.09. The quantitative estimate of drug-likeness (QED) is 0.439. The van der Waals surface area contributed by atoms with Gasteiger partial charge in [-0.15, -0.1) is 6.58 Å². The third-order valence-electron chi connectivity index (χ3n) is 4.68. The number of aromatic nitrogens is 2. The first-order valence-electron chi connectivity index (χ1n) is 10.6. The van der Waals surface area contributed by atoms with E-state index in [4.69, 9.17) is 9.15 Å². The molecule has 0 spiro atoms. The molecule has 32 heavy (non-hydrogen) atoms. The number of anilines is 1. The van der Waals surface area contributed by atoms with Crippen LogP contribution < -0.4 is 15.4 Å². The van der Waals surface area contributed by atoms with Crippen molar-refractivity contribution in [1.29, 1.82) is 0 Å². The van der Waals surface area contributed by atoms with Gasteiger partial charge in [-0.1, -0.05) is 31.2 Å². The number of hydrogen-bond donors (Lipinski definition) is 2. The molecule has 0 aliphatic heterocycles. The fraction of sp³-hybridized carbons (Fsp3) is 0.292. The summed E-state index contributed by atoms with van der Waals surface area (Å²) in [5.74, 6) is 0.565. The Morgan fingerprint density at radius 3 is 2.75 bits per heavy atom. The molecule has 0 atom stereocenters. The molecule has 8 heteroatoms. The van der Waals surface area contributed by atoms with E-state index in [1.165, 1.54) is 0 Å². The molecule has 168 valence electrons. The molecule has 2 heterocycles. The minimum Gasteiger partial charge on any atom is -0.485 e. The summed E-state index contributed by atoms with van der Waals surface area (Å²) in [4.78, 5) is 25.1. The molecule has 0 aliphatic rings. The van der Waals surface area contributed by atoms with Crippen molar-refractivity contribution >= 4 is 17.5 Å². The normalized spacial score (nSPS) is 10.6. The van der Waals surface area contributed by atoms with Gasteiger partial charge in [-0.2, -0.15) is 5.10 Å². The van der Waals surface area contributed by atoms with Crippen LogP contribution in [0, 0.1) is 0 Å². The Morgan fingerprint density at radius 2 is 2.00 bits per heavy atom. The maximum absolute atomic E-state index is 12.7. The van der Waals surface area contributed by atoms with Gasteiger partial charge in [0.15, 0.2) is 11.5 Å². The molecule has 0 fully saturated rings. The summed E-state index contributed by atoms with van der Waals surface area (Å²) in [6.45, 7) is 8.90. The van der Waals surface area contributed by atoms with E-state index >= 15 is 0 Å². The molecular formula is C24H28N4O4. The van der Waals surface area contributed by atoms with Crippen molar-refractivity contribution in [3.05, 3.63) is 78.0 Å². The van der Waals surface area contributed by atoms with Gasteiger partial charge in [0, 0.05) is 19.3 Å². The van der Waals surface area contributed by atoms with E-state index in [2.05, 4.69) is 22.3 Å². The number of furan rings is 1. The highest BCUT2D eigenvalue weighted by atomic mass is 16.5. The largest absolute Gasteiger partial charge is 0.485 e. The zero-order valence-electron chi connectivity index (χ0n) is 18.4. The third kappa shape index (κ3) is 5.66. The maximum atomic E-state index is 12.7. The van der Waals surface area contributed by atoms with Gasteiger partial charge in [0.1, 0.15) is 18.1 Å². The Hall–Kier alpha value is -3.81. The van der Waals surface area contributed by atoms with E-state index in [0.717, 1.165) is 17.7 Å². The molecule has 0 aliphatic carbocycles. The summed E-state index contributed by atoms with van der Waals surface area (Å²) < 4.78 is 13.1. The van der Waals surface area contributed by atoms with Crippen LogP contribution in [0.5, 0.6) is 5.75 Å². The average Bonchev–Trinajstić information content (AvgIpc) is 3.44. The number of para-hydroxylation sites is 1. The van der Waals surface area contributed by atoms with Crippen molar-refractivity contribution in [3.63, 3.8) is 0 Å².